The van der Waals surface area contributed by atoms with Gasteiger partial charge in [-0.1, -0.05) is 56.2 Å². The number of thiazole rings is 1. The van der Waals surface area contributed by atoms with E-state index in [2.05, 4.69) is 79.5 Å². The smallest absolute Gasteiger partial charge is 0.254 e. The summed E-state index contributed by atoms with van der Waals surface area (Å²) in [5, 5.41) is 39.7. The highest BCUT2D eigenvalue weighted by molar-refractivity contribution is 7.13. The Balaban J connectivity index is 0.653. The molecule has 4 aliphatic heterocycles. The molecule has 4 fully saturated rings. The summed E-state index contributed by atoms with van der Waals surface area (Å²) in [6.45, 7) is 14.8. The molecule has 0 saturated carbocycles. The number of carbonyl (C=O) groups is 3. The fraction of sp³-hybridized carbons (Fsp3) is 0.448. The van der Waals surface area contributed by atoms with Crippen molar-refractivity contribution in [3.63, 3.8) is 0 Å². The number of aromatic hydroxyl groups is 1. The molecule has 10 rings (SSSR count). The molecule has 4 aliphatic rings. The highest BCUT2D eigenvalue weighted by atomic mass is 32.1. The number of hydrogen-bond acceptors (Lipinski definition) is 19. The first-order valence-corrected chi connectivity index (χ1v) is 28.3. The molecule has 4 saturated heterocycles. The third-order valence-corrected chi connectivity index (χ3v) is 16.3. The molecule has 8 heterocycles. The minimum absolute atomic E-state index is 0.0208. The van der Waals surface area contributed by atoms with Crippen LogP contribution in [-0.2, 0) is 14.4 Å². The zero-order valence-electron chi connectivity index (χ0n) is 45.5. The van der Waals surface area contributed by atoms with Crippen LogP contribution >= 0.6 is 11.3 Å². The number of phenolic OH excluding ortho intramolecular Hbond substituents is 1. The number of benzene rings is 2. The number of aromatic nitrogens is 5. The second-order valence-electron chi connectivity index (χ2n) is 21.2. The number of nitrogens with zero attached hydrogens (tertiary/aromatic N) is 10. The molecule has 2 aromatic carbocycles. The van der Waals surface area contributed by atoms with E-state index in [0.29, 0.717) is 54.2 Å². The van der Waals surface area contributed by atoms with Crippen LogP contribution < -0.4 is 35.6 Å². The monoisotopic (exact) mass is 1110 g/mol. The van der Waals surface area contributed by atoms with Crippen molar-refractivity contribution < 1.29 is 38.6 Å². The maximum absolute atomic E-state index is 14.3. The van der Waals surface area contributed by atoms with Gasteiger partial charge >= 0.3 is 0 Å². The second kappa shape index (κ2) is 25.1. The number of nitrogens with one attached hydrogen (secondary N) is 2. The highest BCUT2D eigenvalue weighted by Crippen LogP contribution is 2.40. The number of pyridine rings is 1. The van der Waals surface area contributed by atoms with Gasteiger partial charge in [0.1, 0.15) is 36.6 Å². The van der Waals surface area contributed by atoms with Crippen LogP contribution in [0.4, 0.5) is 17.2 Å². The number of amides is 3. The van der Waals surface area contributed by atoms with Crippen LogP contribution in [0.25, 0.3) is 21.7 Å². The number of hydrogen-bond donors (Lipinski definition) is 5. The van der Waals surface area contributed by atoms with Gasteiger partial charge < -0.3 is 55.3 Å². The molecule has 6 aromatic rings. The van der Waals surface area contributed by atoms with E-state index < -0.39 is 18.1 Å². The summed E-state index contributed by atoms with van der Waals surface area (Å²) in [7, 11) is 0. The number of nitrogens with two attached hydrogens (primary N) is 1. The molecule has 0 spiro atoms. The summed E-state index contributed by atoms with van der Waals surface area (Å²) in [5.74, 6) is 5.92. The molecule has 21 nitrogen and oxygen atoms in total. The SMILES string of the molecule is CC(=O)NCC#Cc1ncsc1-c1ccc([C@H](C)NC(=O)[C@@H]2C[C@@H](O)CN2C(=O)C(c2cc(OCCN3CCN(CCOc4cc(N5C6CCC5CN(c5cc(-c7ccccc7O)nnc5N)C6)ccn4)CC3)no2)C(C)C)cc1. The number of likely N-dealkylation sites (tertiary alicyclic amines) is 1. The lowest BCUT2D eigenvalue weighted by molar-refractivity contribution is -0.141. The Morgan fingerprint density at radius 1 is 0.887 bits per heavy atom. The van der Waals surface area contributed by atoms with Crippen LogP contribution in [0.15, 0.2) is 89.0 Å². The lowest BCUT2D eigenvalue weighted by Crippen LogP contribution is -2.54. The Morgan fingerprint density at radius 2 is 1.60 bits per heavy atom. The van der Waals surface area contributed by atoms with E-state index in [4.69, 9.17) is 19.7 Å². The number of aliphatic hydroxyl groups excluding tert-OH is 1. The van der Waals surface area contributed by atoms with E-state index in [1.807, 2.05) is 69.4 Å². The Hall–Kier alpha value is -7.84. The molecule has 6 atom stereocenters. The van der Waals surface area contributed by atoms with E-state index in [1.165, 1.54) is 23.2 Å². The number of anilines is 3. The second-order valence-corrected chi connectivity index (χ2v) is 22.1. The quantitative estimate of drug-likeness (QED) is 0.0674. The molecule has 420 valence electrons. The molecular formula is C58H69N13O8S. The van der Waals surface area contributed by atoms with Gasteiger partial charge in [0.25, 0.3) is 5.88 Å². The van der Waals surface area contributed by atoms with Crippen LogP contribution in [0.1, 0.15) is 75.9 Å². The minimum atomic E-state index is -0.876. The van der Waals surface area contributed by atoms with Crippen molar-refractivity contribution in [2.45, 2.75) is 83.1 Å². The van der Waals surface area contributed by atoms with E-state index >= 15 is 0 Å². The van der Waals surface area contributed by atoms with Crippen molar-refractivity contribution in [2.24, 2.45) is 5.92 Å². The number of fused-ring (bicyclic) bond motifs is 2. The predicted molar refractivity (Wildman–Crippen MR) is 303 cm³/mol. The number of β-amino-alcohol motifs (C(OH)–C–C–N with tert-alkyl or cyclic N) is 1. The molecule has 4 aromatic heterocycles. The average molecular weight is 1110 g/mol. The van der Waals surface area contributed by atoms with Gasteiger partial charge in [-0.25, -0.2) is 9.97 Å². The standard InChI is InChI=1S/C58H69N13O8S/c1-36(2)54(58(76)70-34-44(73)29-49(70)57(75)63-37(3)39-11-13-40(14-12-39)55-46(62-35-80-55)9-7-18-60-38(4)72)51-31-53(66-79-51)78-27-25-68-22-20-67(21-23-68)24-26-77-52-28-41(17-19-61-52)71-42-15-16-43(71)33-69(32-42)48-30-47(64-65-56(48)59)45-8-5-6-10-50(45)74/h5-6,8,10-14,17,19,28,30-31,35-37,42-44,49,54,73-74H,15-16,18,20-27,29,32-34H2,1-4H3,(H2,59,65)(H,60,72)(H,63,75)/t37-,42?,43?,44+,49-,54?/m0/s1. The van der Waals surface area contributed by atoms with Gasteiger partial charge in [-0.05, 0) is 72.2 Å². The Morgan fingerprint density at radius 3 is 2.30 bits per heavy atom. The molecule has 6 N–H and O–H groups in total. The minimum Gasteiger partial charge on any atom is -0.507 e. The number of rotatable bonds is 19. The fourth-order valence-corrected chi connectivity index (χ4v) is 12.0. The number of piperazine rings is 2. The van der Waals surface area contributed by atoms with Crippen LogP contribution in [0.5, 0.6) is 17.5 Å². The molecule has 3 amide bonds. The van der Waals surface area contributed by atoms with Crippen LogP contribution in [0.2, 0.25) is 0 Å². The van der Waals surface area contributed by atoms with Crippen LogP contribution in [0.3, 0.4) is 0 Å². The Bertz CT molecular complexity index is 3180. The first kappa shape index (κ1) is 55.5. The summed E-state index contributed by atoms with van der Waals surface area (Å²) in [4.78, 5) is 60.2. The molecule has 0 radical (unpaired) electrons. The highest BCUT2D eigenvalue weighted by Gasteiger charge is 2.44. The molecular weight excluding hydrogens is 1040 g/mol. The topological polar surface area (TPSA) is 254 Å². The third-order valence-electron chi connectivity index (χ3n) is 15.4. The van der Waals surface area contributed by atoms with Gasteiger partial charge in [0.05, 0.1) is 40.5 Å². The van der Waals surface area contributed by atoms with Gasteiger partial charge in [0, 0.05) is 114 Å². The lowest BCUT2D eigenvalue weighted by atomic mass is 9.91. The largest absolute Gasteiger partial charge is 0.507 e. The Kier molecular flexibility index (Phi) is 17.4. The first-order valence-electron chi connectivity index (χ1n) is 27.4. The third kappa shape index (κ3) is 12.9. The van der Waals surface area contributed by atoms with Crippen LogP contribution in [-0.4, -0.2) is 171 Å². The number of para-hydroxylation sites is 1. The molecule has 22 heteroatoms. The van der Waals surface area contributed by atoms with Crippen molar-refractivity contribution in [3.8, 4) is 51.0 Å². The molecule has 2 bridgehead atoms. The van der Waals surface area contributed by atoms with E-state index in [1.54, 1.807) is 23.7 Å². The van der Waals surface area contributed by atoms with E-state index in [-0.39, 0.29) is 72.9 Å². The van der Waals surface area contributed by atoms with Crippen molar-refractivity contribution in [1.82, 2.24) is 50.7 Å². The van der Waals surface area contributed by atoms with Crippen molar-refractivity contribution in [3.05, 3.63) is 102 Å². The van der Waals surface area contributed by atoms with Crippen molar-refractivity contribution in [2.75, 3.05) is 94.2 Å². The predicted octanol–water partition coefficient (Wildman–Crippen LogP) is 4.94. The summed E-state index contributed by atoms with van der Waals surface area (Å²) in [6, 6.07) is 21.9. The Labute approximate surface area is 469 Å². The van der Waals surface area contributed by atoms with Gasteiger partial charge in [0.2, 0.25) is 23.6 Å². The van der Waals surface area contributed by atoms with Crippen molar-refractivity contribution in [1.29, 1.82) is 0 Å². The summed E-state index contributed by atoms with van der Waals surface area (Å²) in [5.41, 5.74) is 13.6. The molecule has 80 heavy (non-hydrogen) atoms. The summed E-state index contributed by atoms with van der Waals surface area (Å²) >= 11 is 1.47. The maximum Gasteiger partial charge on any atom is 0.254 e. The number of nitrogen functional groups attached to an aromatic ring is 1. The summed E-state index contributed by atoms with van der Waals surface area (Å²) in [6.07, 6.45) is 3.19. The van der Waals surface area contributed by atoms with Crippen molar-refractivity contribution >= 4 is 46.3 Å². The maximum atomic E-state index is 14.3. The fourth-order valence-electron chi connectivity index (χ4n) is 11.3. The number of carbonyl (C=O) groups excluding carboxylic acids is 3. The lowest BCUT2D eigenvalue weighted by Gasteiger charge is -2.43. The molecule has 3 unspecified atom stereocenters. The van der Waals surface area contributed by atoms with Gasteiger partial charge in [-0.2, -0.15) is 0 Å². The first-order chi connectivity index (χ1) is 38.8. The van der Waals surface area contributed by atoms with E-state index in [0.717, 1.165) is 86.0 Å². The van der Waals surface area contributed by atoms with Crippen LogP contribution in [0, 0.1) is 17.8 Å². The number of phenols is 1. The zero-order valence-corrected chi connectivity index (χ0v) is 46.3. The molecule has 0 aliphatic carbocycles. The zero-order chi connectivity index (χ0) is 55.9. The average Bonchev–Trinajstić information content (AvgIpc) is 4.46. The van der Waals surface area contributed by atoms with Gasteiger partial charge in [-0.3, -0.25) is 24.2 Å². The van der Waals surface area contributed by atoms with Gasteiger partial charge in [0.15, 0.2) is 11.6 Å². The van der Waals surface area contributed by atoms with Gasteiger partial charge in [-0.15, -0.1) is 21.5 Å². The number of ether oxygens (including phenoxy) is 2. The summed E-state index contributed by atoms with van der Waals surface area (Å²) < 4.78 is 18.0. The van der Waals surface area contributed by atoms with E-state index in [9.17, 15) is 24.6 Å². The normalized spacial score (nSPS) is 20.1. The number of aliphatic hydroxyl groups is 1.